The molecule has 0 N–H and O–H groups in total. The number of benzene rings is 1. The van der Waals surface area contributed by atoms with Gasteiger partial charge < -0.3 is 13.7 Å². The van der Waals surface area contributed by atoms with Crippen molar-refractivity contribution < 1.29 is 21.6 Å². The Balaban J connectivity index is 2.16. The molecule has 6 nitrogen and oxygen atoms in total. The van der Waals surface area contributed by atoms with E-state index >= 15 is 0 Å². The van der Waals surface area contributed by atoms with Gasteiger partial charge in [-0.05, 0) is 36.4 Å². The number of sulfone groups is 1. The van der Waals surface area contributed by atoms with E-state index < -0.39 is 15.7 Å². The Morgan fingerprint density at radius 2 is 1.83 bits per heavy atom. The molecular weight excluding hydrogens is 323 g/mol. The van der Waals surface area contributed by atoms with Crippen LogP contribution in [0.3, 0.4) is 0 Å². The average molecular weight is 336 g/mol. The van der Waals surface area contributed by atoms with Gasteiger partial charge in [-0.25, -0.2) is 12.8 Å². The maximum Gasteiger partial charge on any atom is 0.266 e. The molecule has 1 aromatic carbocycles. The van der Waals surface area contributed by atoms with Crippen LogP contribution >= 0.6 is 0 Å². The van der Waals surface area contributed by atoms with Crippen molar-refractivity contribution in [3.63, 3.8) is 0 Å². The predicted octanol–water partition coefficient (Wildman–Crippen LogP) is 2.97. The third-order valence-electron chi connectivity index (χ3n) is 3.10. The van der Waals surface area contributed by atoms with Gasteiger partial charge >= 0.3 is 0 Å². The molecule has 0 saturated carbocycles. The van der Waals surface area contributed by atoms with Crippen molar-refractivity contribution in [1.82, 2.24) is 4.98 Å². The second-order valence-corrected chi connectivity index (χ2v) is 6.82. The standard InChI is InChI=1S/C15H13FN2O4S/c1-18(2)15-14(17-13(22-15)12-4-3-9-21-12)23(19,20)11-7-5-10(16)6-8-11/h3-9H,1-2H3. The Labute approximate surface area is 132 Å². The van der Waals surface area contributed by atoms with Crippen LogP contribution in [0.2, 0.25) is 0 Å². The minimum atomic E-state index is -3.96. The molecule has 0 radical (unpaired) electrons. The van der Waals surface area contributed by atoms with E-state index in [1.807, 2.05) is 0 Å². The minimum Gasteiger partial charge on any atom is -0.459 e. The zero-order chi connectivity index (χ0) is 16.6. The maximum atomic E-state index is 13.0. The zero-order valence-corrected chi connectivity index (χ0v) is 13.2. The van der Waals surface area contributed by atoms with Gasteiger partial charge in [0.15, 0.2) is 5.76 Å². The Bertz CT molecular complexity index is 913. The van der Waals surface area contributed by atoms with E-state index in [0.717, 1.165) is 12.1 Å². The molecule has 2 heterocycles. The number of nitrogens with zero attached hydrogens (tertiary/aromatic N) is 2. The van der Waals surface area contributed by atoms with E-state index in [1.165, 1.54) is 23.3 Å². The first-order valence-electron chi connectivity index (χ1n) is 6.62. The number of anilines is 1. The van der Waals surface area contributed by atoms with Crippen molar-refractivity contribution in [1.29, 1.82) is 0 Å². The lowest BCUT2D eigenvalue weighted by atomic mass is 10.4. The molecule has 8 heteroatoms. The second-order valence-electron chi connectivity index (χ2n) is 4.96. The Morgan fingerprint density at radius 3 is 2.39 bits per heavy atom. The van der Waals surface area contributed by atoms with Gasteiger partial charge in [0.05, 0.1) is 11.2 Å². The van der Waals surface area contributed by atoms with Crippen LogP contribution in [0.1, 0.15) is 0 Å². The largest absolute Gasteiger partial charge is 0.459 e. The molecule has 3 aromatic rings. The number of halogens is 1. The molecule has 0 spiro atoms. The zero-order valence-electron chi connectivity index (χ0n) is 12.4. The third-order valence-corrected chi connectivity index (χ3v) is 4.76. The lowest BCUT2D eigenvalue weighted by Crippen LogP contribution is -2.13. The lowest BCUT2D eigenvalue weighted by Gasteiger charge is -2.10. The van der Waals surface area contributed by atoms with Crippen LogP contribution in [0.4, 0.5) is 10.3 Å². The molecule has 0 aliphatic carbocycles. The molecular formula is C15H13FN2O4S. The fourth-order valence-electron chi connectivity index (χ4n) is 1.99. The van der Waals surface area contributed by atoms with Crippen LogP contribution in [-0.2, 0) is 9.84 Å². The number of furan rings is 1. The highest BCUT2D eigenvalue weighted by Gasteiger charge is 2.30. The van der Waals surface area contributed by atoms with Crippen molar-refractivity contribution in [3.8, 4) is 11.7 Å². The van der Waals surface area contributed by atoms with Gasteiger partial charge in [0.1, 0.15) is 5.82 Å². The van der Waals surface area contributed by atoms with Gasteiger partial charge in [0.25, 0.3) is 5.89 Å². The van der Waals surface area contributed by atoms with Crippen LogP contribution in [0, 0.1) is 5.82 Å². The molecule has 120 valence electrons. The molecule has 0 fully saturated rings. The maximum absolute atomic E-state index is 13.0. The van der Waals surface area contributed by atoms with E-state index in [1.54, 1.807) is 26.2 Å². The first-order valence-corrected chi connectivity index (χ1v) is 8.10. The molecule has 0 aliphatic heterocycles. The first kappa shape index (κ1) is 15.3. The van der Waals surface area contributed by atoms with Crippen molar-refractivity contribution in [2.24, 2.45) is 0 Å². The van der Waals surface area contributed by atoms with Gasteiger partial charge in [-0.2, -0.15) is 4.98 Å². The summed E-state index contributed by atoms with van der Waals surface area (Å²) in [5.74, 6) is -0.0815. The summed E-state index contributed by atoms with van der Waals surface area (Å²) in [6.07, 6.45) is 1.43. The fraction of sp³-hybridized carbons (Fsp3) is 0.133. The molecule has 2 aromatic heterocycles. The monoisotopic (exact) mass is 336 g/mol. The molecule has 0 atom stereocenters. The number of rotatable bonds is 4. The Hall–Kier alpha value is -2.61. The Kier molecular flexibility index (Phi) is 3.69. The number of aromatic nitrogens is 1. The molecule has 0 bridgehead atoms. The van der Waals surface area contributed by atoms with Crippen LogP contribution in [-0.4, -0.2) is 27.5 Å². The van der Waals surface area contributed by atoms with Gasteiger partial charge in [-0.3, -0.25) is 0 Å². The van der Waals surface area contributed by atoms with Crippen LogP contribution in [0.5, 0.6) is 0 Å². The number of oxazole rings is 1. The average Bonchev–Trinajstić information content (AvgIpc) is 3.17. The van der Waals surface area contributed by atoms with Gasteiger partial charge in [0.2, 0.25) is 20.7 Å². The van der Waals surface area contributed by atoms with Crippen molar-refractivity contribution in [3.05, 3.63) is 48.5 Å². The smallest absolute Gasteiger partial charge is 0.266 e. The quantitative estimate of drug-likeness (QED) is 0.682. The van der Waals surface area contributed by atoms with E-state index in [4.69, 9.17) is 8.83 Å². The number of hydrogen-bond acceptors (Lipinski definition) is 6. The molecule has 0 unspecified atom stereocenters. The summed E-state index contributed by atoms with van der Waals surface area (Å²) in [5.41, 5.74) is 0. The van der Waals surface area contributed by atoms with E-state index in [2.05, 4.69) is 4.98 Å². The summed E-state index contributed by atoms with van der Waals surface area (Å²) >= 11 is 0. The highest BCUT2D eigenvalue weighted by atomic mass is 32.2. The first-order chi connectivity index (χ1) is 10.9. The molecule has 3 rings (SSSR count). The molecule has 23 heavy (non-hydrogen) atoms. The van der Waals surface area contributed by atoms with Crippen LogP contribution in [0.15, 0.2) is 61.4 Å². The summed E-state index contributed by atoms with van der Waals surface area (Å²) in [6, 6.07) is 7.78. The van der Waals surface area contributed by atoms with E-state index in [-0.39, 0.29) is 21.7 Å². The van der Waals surface area contributed by atoms with Crippen molar-refractivity contribution >= 4 is 15.7 Å². The summed E-state index contributed by atoms with van der Waals surface area (Å²) in [7, 11) is -0.686. The summed E-state index contributed by atoms with van der Waals surface area (Å²) in [6.45, 7) is 0. The SMILES string of the molecule is CN(C)c1oc(-c2ccco2)nc1S(=O)(=O)c1ccc(F)cc1. The second kappa shape index (κ2) is 5.54. The van der Waals surface area contributed by atoms with Crippen LogP contribution in [0.25, 0.3) is 11.7 Å². The van der Waals surface area contributed by atoms with Gasteiger partial charge in [-0.15, -0.1) is 0 Å². The van der Waals surface area contributed by atoms with Crippen molar-refractivity contribution in [2.45, 2.75) is 9.92 Å². The highest BCUT2D eigenvalue weighted by Crippen LogP contribution is 2.33. The van der Waals surface area contributed by atoms with Gasteiger partial charge in [0, 0.05) is 14.1 Å². The number of hydrogen-bond donors (Lipinski definition) is 0. The Morgan fingerprint density at radius 1 is 1.13 bits per heavy atom. The molecule has 0 aliphatic rings. The summed E-state index contributed by atoms with van der Waals surface area (Å²) in [5, 5.41) is -0.250. The normalized spacial score (nSPS) is 11.6. The molecule has 0 amide bonds. The third kappa shape index (κ3) is 2.72. The highest BCUT2D eigenvalue weighted by molar-refractivity contribution is 7.91. The summed E-state index contributed by atoms with van der Waals surface area (Å²) in [4.78, 5) is 5.49. The van der Waals surface area contributed by atoms with E-state index in [9.17, 15) is 12.8 Å². The topological polar surface area (TPSA) is 76.6 Å². The van der Waals surface area contributed by atoms with Gasteiger partial charge in [-0.1, -0.05) is 0 Å². The van der Waals surface area contributed by atoms with E-state index in [0.29, 0.717) is 5.76 Å². The fourth-order valence-corrected chi connectivity index (χ4v) is 3.36. The minimum absolute atomic E-state index is 0.0550. The molecule has 0 saturated heterocycles. The van der Waals surface area contributed by atoms with Crippen LogP contribution < -0.4 is 4.90 Å². The van der Waals surface area contributed by atoms with Crippen molar-refractivity contribution in [2.75, 3.05) is 19.0 Å². The predicted molar refractivity (Wildman–Crippen MR) is 80.4 cm³/mol. The lowest BCUT2D eigenvalue weighted by molar-refractivity contribution is 0.516. The summed E-state index contributed by atoms with van der Waals surface area (Å²) < 4.78 is 49.2.